The summed E-state index contributed by atoms with van der Waals surface area (Å²) in [7, 11) is 0. The Kier molecular flexibility index (Phi) is 6.83. The Morgan fingerprint density at radius 1 is 1.03 bits per heavy atom. The minimum Gasteiger partial charge on any atom is -0.378 e. The Morgan fingerprint density at radius 2 is 1.71 bits per heavy atom. The highest BCUT2D eigenvalue weighted by Gasteiger charge is 2.42. The van der Waals surface area contributed by atoms with Crippen LogP contribution in [0.2, 0.25) is 0 Å². The molecule has 7 nitrogen and oxygen atoms in total. The molecule has 5 rings (SSSR count). The van der Waals surface area contributed by atoms with E-state index >= 15 is 0 Å². The van der Waals surface area contributed by atoms with E-state index in [0.29, 0.717) is 48.0 Å². The number of carbonyl (C=O) groups excluding carboxylic acids is 1. The summed E-state index contributed by atoms with van der Waals surface area (Å²) >= 11 is 0. The number of pyridine rings is 2. The van der Waals surface area contributed by atoms with Crippen LogP contribution < -0.4 is 10.9 Å². The van der Waals surface area contributed by atoms with E-state index in [1.54, 1.807) is 41.3 Å². The highest BCUT2D eigenvalue weighted by Crippen LogP contribution is 2.35. The Hall–Kier alpha value is -3.92. The maximum atomic E-state index is 13.7. The van der Waals surface area contributed by atoms with Crippen LogP contribution in [-0.4, -0.2) is 59.3 Å². The Labute approximate surface area is 216 Å². The molecule has 1 saturated heterocycles. The number of alkyl halides is 3. The van der Waals surface area contributed by atoms with Gasteiger partial charge in [-0.25, -0.2) is 4.98 Å². The van der Waals surface area contributed by atoms with Crippen molar-refractivity contribution in [3.05, 3.63) is 70.6 Å². The maximum Gasteiger partial charge on any atom is 0.408 e. The summed E-state index contributed by atoms with van der Waals surface area (Å²) in [5.74, 6) is -0.742. The number of anilines is 1. The minimum absolute atomic E-state index is 0.0622. The van der Waals surface area contributed by atoms with Crippen molar-refractivity contribution in [1.29, 1.82) is 0 Å². The van der Waals surface area contributed by atoms with Gasteiger partial charge in [0.1, 0.15) is 11.9 Å². The van der Waals surface area contributed by atoms with Crippen molar-refractivity contribution in [2.75, 3.05) is 31.6 Å². The summed E-state index contributed by atoms with van der Waals surface area (Å²) in [5, 5.41) is 3.77. The number of aromatic nitrogens is 2. The first-order valence-corrected chi connectivity index (χ1v) is 12.4. The topological polar surface area (TPSA) is 87.3 Å². The van der Waals surface area contributed by atoms with Crippen molar-refractivity contribution >= 4 is 33.4 Å². The van der Waals surface area contributed by atoms with Crippen molar-refractivity contribution in [3.63, 3.8) is 0 Å². The van der Waals surface area contributed by atoms with Gasteiger partial charge in [0.25, 0.3) is 11.5 Å². The van der Waals surface area contributed by atoms with Gasteiger partial charge < -0.3 is 19.9 Å². The predicted molar refractivity (Wildman–Crippen MR) is 140 cm³/mol. The molecule has 1 atom stereocenters. The largest absolute Gasteiger partial charge is 0.408 e. The van der Waals surface area contributed by atoms with Crippen LogP contribution in [0.15, 0.2) is 59.5 Å². The van der Waals surface area contributed by atoms with E-state index in [-0.39, 0.29) is 22.8 Å². The molecule has 1 aliphatic rings. The third-order valence-corrected chi connectivity index (χ3v) is 6.79. The van der Waals surface area contributed by atoms with E-state index < -0.39 is 18.1 Å². The fourth-order valence-corrected chi connectivity index (χ4v) is 4.78. The van der Waals surface area contributed by atoms with Crippen LogP contribution in [-0.2, 0) is 4.74 Å². The Morgan fingerprint density at radius 3 is 2.37 bits per heavy atom. The third kappa shape index (κ3) is 4.96. The number of ether oxygens (including phenoxy) is 1. The summed E-state index contributed by atoms with van der Waals surface area (Å²) in [6.45, 7) is 5.10. The minimum atomic E-state index is -4.48. The van der Waals surface area contributed by atoms with Gasteiger partial charge in [-0.2, -0.15) is 13.2 Å². The van der Waals surface area contributed by atoms with Gasteiger partial charge in [0.05, 0.1) is 24.1 Å². The van der Waals surface area contributed by atoms with E-state index in [1.165, 1.54) is 20.0 Å². The van der Waals surface area contributed by atoms with Gasteiger partial charge in [0.2, 0.25) is 0 Å². The standard InChI is InChI=1S/C28H27F3N4O3/c1-16(2)24(28(29,30)31)34-25-20-8-7-19(15-21(20)23-22(33-25)9-10-32-26(23)36)17-3-5-18(6-4-17)27(37)35-11-13-38-14-12-35/h3-10,15-16,24H,11-14H2,1-2H3,(H,32,36)(H,33,34)/t24-/m1/s1. The Balaban J connectivity index is 1.57. The van der Waals surface area contributed by atoms with E-state index in [9.17, 15) is 22.8 Å². The molecule has 4 aromatic rings. The molecule has 0 spiro atoms. The summed E-state index contributed by atoms with van der Waals surface area (Å²) in [5.41, 5.74) is 2.01. The first-order chi connectivity index (χ1) is 18.1. The molecule has 0 unspecified atom stereocenters. The second-order valence-corrected chi connectivity index (χ2v) is 9.68. The summed E-state index contributed by atoms with van der Waals surface area (Å²) < 4.78 is 46.6. The van der Waals surface area contributed by atoms with Gasteiger partial charge in [-0.05, 0) is 41.3 Å². The summed E-state index contributed by atoms with van der Waals surface area (Å²) in [6.07, 6.45) is -3.06. The second-order valence-electron chi connectivity index (χ2n) is 9.68. The van der Waals surface area contributed by atoms with Gasteiger partial charge in [-0.1, -0.05) is 38.1 Å². The maximum absolute atomic E-state index is 13.7. The number of fused-ring (bicyclic) bond motifs is 3. The van der Waals surface area contributed by atoms with E-state index in [1.807, 2.05) is 12.1 Å². The van der Waals surface area contributed by atoms with Crippen LogP contribution in [0.25, 0.3) is 32.8 Å². The number of amides is 1. The zero-order valence-electron chi connectivity index (χ0n) is 20.9. The normalized spacial score (nSPS) is 15.3. The van der Waals surface area contributed by atoms with Crippen LogP contribution in [0.5, 0.6) is 0 Å². The fraction of sp³-hybridized carbons (Fsp3) is 0.321. The molecule has 3 heterocycles. The number of carbonyl (C=O) groups is 1. The first kappa shape index (κ1) is 25.7. The number of H-pyrrole nitrogens is 1. The van der Waals surface area contributed by atoms with Crippen LogP contribution >= 0.6 is 0 Å². The molecular weight excluding hydrogens is 497 g/mol. The molecule has 2 N–H and O–H groups in total. The zero-order valence-corrected chi connectivity index (χ0v) is 20.9. The lowest BCUT2D eigenvalue weighted by Gasteiger charge is -2.27. The van der Waals surface area contributed by atoms with Crippen molar-refractivity contribution in [2.45, 2.75) is 26.1 Å². The molecule has 1 amide bonds. The highest BCUT2D eigenvalue weighted by molar-refractivity contribution is 6.11. The molecule has 1 fully saturated rings. The molecule has 0 bridgehead atoms. The monoisotopic (exact) mass is 524 g/mol. The number of rotatable bonds is 5. The van der Waals surface area contributed by atoms with E-state index in [0.717, 1.165) is 11.1 Å². The number of halogens is 3. The van der Waals surface area contributed by atoms with Crippen molar-refractivity contribution in [2.24, 2.45) is 5.92 Å². The lowest BCUT2D eigenvalue weighted by atomic mass is 9.98. The lowest BCUT2D eigenvalue weighted by Crippen LogP contribution is -2.40. The smallest absolute Gasteiger partial charge is 0.378 e. The molecule has 2 aromatic heterocycles. The van der Waals surface area contributed by atoms with Crippen molar-refractivity contribution < 1.29 is 22.7 Å². The van der Waals surface area contributed by atoms with Crippen LogP contribution in [0.3, 0.4) is 0 Å². The quantitative estimate of drug-likeness (QED) is 0.350. The average Bonchev–Trinajstić information content (AvgIpc) is 2.90. The predicted octanol–water partition coefficient (Wildman–Crippen LogP) is 5.21. The molecule has 38 heavy (non-hydrogen) atoms. The van der Waals surface area contributed by atoms with E-state index in [2.05, 4.69) is 15.3 Å². The second kappa shape index (κ2) is 10.1. The molecule has 1 aliphatic heterocycles. The van der Waals surface area contributed by atoms with Gasteiger partial charge >= 0.3 is 6.18 Å². The van der Waals surface area contributed by atoms with Gasteiger partial charge in [-0.3, -0.25) is 9.59 Å². The molecule has 198 valence electrons. The van der Waals surface area contributed by atoms with Gasteiger partial charge in [0.15, 0.2) is 0 Å². The summed E-state index contributed by atoms with van der Waals surface area (Å²) in [4.78, 5) is 34.3. The van der Waals surface area contributed by atoms with Gasteiger partial charge in [-0.15, -0.1) is 0 Å². The fourth-order valence-electron chi connectivity index (χ4n) is 4.78. The lowest BCUT2D eigenvalue weighted by molar-refractivity contribution is -0.150. The van der Waals surface area contributed by atoms with Crippen molar-refractivity contribution in [1.82, 2.24) is 14.9 Å². The van der Waals surface area contributed by atoms with Crippen LogP contribution in [0, 0.1) is 5.92 Å². The highest BCUT2D eigenvalue weighted by atomic mass is 19.4. The molecular formula is C28H27F3N4O3. The van der Waals surface area contributed by atoms with Gasteiger partial charge in [0, 0.05) is 35.6 Å². The molecule has 0 aliphatic carbocycles. The number of benzene rings is 2. The molecule has 0 radical (unpaired) electrons. The molecule has 2 aromatic carbocycles. The Bertz CT molecular complexity index is 1540. The number of hydrogen-bond acceptors (Lipinski definition) is 5. The number of nitrogens with zero attached hydrogens (tertiary/aromatic N) is 2. The number of morpholine rings is 1. The number of aromatic amines is 1. The third-order valence-electron chi connectivity index (χ3n) is 6.79. The molecule has 10 heteroatoms. The number of hydrogen-bond donors (Lipinski definition) is 2. The average molecular weight is 525 g/mol. The zero-order chi connectivity index (χ0) is 27.0. The van der Waals surface area contributed by atoms with Crippen LogP contribution in [0.4, 0.5) is 19.0 Å². The number of nitrogens with one attached hydrogen (secondary N) is 2. The molecule has 0 saturated carbocycles. The first-order valence-electron chi connectivity index (χ1n) is 12.4. The summed E-state index contributed by atoms with van der Waals surface area (Å²) in [6, 6.07) is 12.1. The SMILES string of the molecule is CC(C)[C@@H](Nc1nc2cc[nH]c(=O)c2c2cc(-c3ccc(C(=O)N4CCOCC4)cc3)ccc12)C(F)(F)F. The van der Waals surface area contributed by atoms with Crippen molar-refractivity contribution in [3.8, 4) is 11.1 Å². The van der Waals surface area contributed by atoms with E-state index in [4.69, 9.17) is 4.74 Å². The van der Waals surface area contributed by atoms with Crippen LogP contribution in [0.1, 0.15) is 24.2 Å².